The first-order valence-electron chi connectivity index (χ1n) is 6.25. The fourth-order valence-corrected chi connectivity index (χ4v) is 1.69. The van der Waals surface area contributed by atoms with Crippen molar-refractivity contribution in [2.45, 2.75) is 19.9 Å². The maximum Gasteiger partial charge on any atom is 0.328 e. The van der Waals surface area contributed by atoms with Gasteiger partial charge in [0, 0.05) is 25.2 Å². The van der Waals surface area contributed by atoms with Gasteiger partial charge in [-0.05, 0) is 24.1 Å². The first-order valence-corrected chi connectivity index (χ1v) is 6.25. The van der Waals surface area contributed by atoms with E-state index in [-0.39, 0.29) is 5.91 Å². The van der Waals surface area contributed by atoms with Crippen molar-refractivity contribution in [2.75, 3.05) is 6.54 Å². The van der Waals surface area contributed by atoms with Gasteiger partial charge in [-0.15, -0.1) is 0 Å². The fraction of sp³-hybridized carbons (Fsp3) is 0.267. The minimum Gasteiger partial charge on any atom is -0.478 e. The molecule has 0 aliphatic heterocycles. The van der Waals surface area contributed by atoms with E-state index in [0.717, 1.165) is 24.1 Å². The summed E-state index contributed by atoms with van der Waals surface area (Å²) in [6.45, 7) is 2.88. The Labute approximate surface area is 117 Å². The summed E-state index contributed by atoms with van der Waals surface area (Å²) >= 11 is 0. The average Bonchev–Trinajstić information content (AvgIpc) is 2.45. The molecule has 0 aliphatic rings. The Morgan fingerprint density at radius 1 is 1.30 bits per heavy atom. The molecule has 1 aromatic carbocycles. The SMILES string of the molecule is CCCN(Cc1ccc(C#N)cc1)C(=O)/C=C/C(=O)O. The second-order valence-corrected chi connectivity index (χ2v) is 4.24. The highest BCUT2D eigenvalue weighted by molar-refractivity contribution is 5.93. The highest BCUT2D eigenvalue weighted by atomic mass is 16.4. The summed E-state index contributed by atoms with van der Waals surface area (Å²) in [6, 6.07) is 8.99. The minimum absolute atomic E-state index is 0.335. The molecule has 5 nitrogen and oxygen atoms in total. The Morgan fingerprint density at radius 2 is 1.95 bits per heavy atom. The van der Waals surface area contributed by atoms with E-state index in [0.29, 0.717) is 18.7 Å². The number of nitriles is 1. The molecule has 0 saturated heterocycles. The van der Waals surface area contributed by atoms with E-state index in [1.54, 1.807) is 29.2 Å². The second kappa shape index (κ2) is 7.74. The summed E-state index contributed by atoms with van der Waals surface area (Å²) in [5, 5.41) is 17.3. The van der Waals surface area contributed by atoms with Gasteiger partial charge in [0.15, 0.2) is 0 Å². The number of carbonyl (C=O) groups is 2. The highest BCUT2D eigenvalue weighted by Crippen LogP contribution is 2.08. The van der Waals surface area contributed by atoms with Gasteiger partial charge in [-0.25, -0.2) is 4.79 Å². The lowest BCUT2D eigenvalue weighted by Crippen LogP contribution is -2.29. The summed E-state index contributed by atoms with van der Waals surface area (Å²) in [5.74, 6) is -1.48. The molecule has 0 saturated carbocycles. The van der Waals surface area contributed by atoms with Crippen molar-refractivity contribution in [3.63, 3.8) is 0 Å². The number of hydrogen-bond acceptors (Lipinski definition) is 3. The average molecular weight is 272 g/mol. The summed E-state index contributed by atoms with van der Waals surface area (Å²) in [7, 11) is 0. The molecule has 0 fully saturated rings. The van der Waals surface area contributed by atoms with Crippen molar-refractivity contribution in [2.24, 2.45) is 0 Å². The number of carboxylic acid groups (broad SMARTS) is 1. The van der Waals surface area contributed by atoms with E-state index in [4.69, 9.17) is 10.4 Å². The molecular weight excluding hydrogens is 256 g/mol. The number of benzene rings is 1. The molecule has 5 heteroatoms. The van der Waals surface area contributed by atoms with Gasteiger partial charge in [0.25, 0.3) is 0 Å². The number of nitrogens with zero attached hydrogens (tertiary/aromatic N) is 2. The zero-order chi connectivity index (χ0) is 15.0. The van der Waals surface area contributed by atoms with Crippen LogP contribution in [0.5, 0.6) is 0 Å². The standard InChI is InChI=1S/C15H16N2O3/c1-2-9-17(14(18)7-8-15(19)20)11-13-5-3-12(10-16)4-6-13/h3-8H,2,9,11H2,1H3,(H,19,20)/b8-7+. The molecule has 0 aromatic heterocycles. The van der Waals surface area contributed by atoms with Crippen LogP contribution in [0.2, 0.25) is 0 Å². The van der Waals surface area contributed by atoms with Gasteiger partial charge < -0.3 is 10.0 Å². The molecule has 1 aromatic rings. The van der Waals surface area contributed by atoms with Crippen LogP contribution in [0.3, 0.4) is 0 Å². The Hall–Kier alpha value is -2.61. The maximum absolute atomic E-state index is 11.9. The third-order valence-electron chi connectivity index (χ3n) is 2.63. The molecule has 1 N–H and O–H groups in total. The summed E-state index contributed by atoms with van der Waals surface area (Å²) < 4.78 is 0. The van der Waals surface area contributed by atoms with Gasteiger partial charge in [0.1, 0.15) is 0 Å². The molecule has 104 valence electrons. The number of amides is 1. The molecule has 0 atom stereocenters. The topological polar surface area (TPSA) is 81.4 Å². The van der Waals surface area contributed by atoms with E-state index in [1.165, 1.54) is 0 Å². The van der Waals surface area contributed by atoms with E-state index < -0.39 is 5.97 Å². The minimum atomic E-state index is -1.15. The number of carboxylic acids is 1. The predicted molar refractivity (Wildman–Crippen MR) is 73.6 cm³/mol. The van der Waals surface area contributed by atoms with Crippen LogP contribution in [-0.2, 0) is 16.1 Å². The van der Waals surface area contributed by atoms with Crippen molar-refractivity contribution in [3.05, 3.63) is 47.5 Å². The zero-order valence-corrected chi connectivity index (χ0v) is 11.2. The van der Waals surface area contributed by atoms with Crippen LogP contribution in [-0.4, -0.2) is 28.4 Å². The van der Waals surface area contributed by atoms with Crippen molar-refractivity contribution >= 4 is 11.9 Å². The molecular formula is C15H16N2O3. The lowest BCUT2D eigenvalue weighted by Gasteiger charge is -2.20. The third-order valence-corrected chi connectivity index (χ3v) is 2.63. The molecule has 0 heterocycles. The van der Waals surface area contributed by atoms with Crippen LogP contribution in [0.4, 0.5) is 0 Å². The van der Waals surface area contributed by atoms with Crippen LogP contribution in [0, 0.1) is 11.3 Å². The summed E-state index contributed by atoms with van der Waals surface area (Å²) in [5.41, 5.74) is 1.46. The monoisotopic (exact) mass is 272 g/mol. The van der Waals surface area contributed by atoms with E-state index in [9.17, 15) is 9.59 Å². The smallest absolute Gasteiger partial charge is 0.328 e. The second-order valence-electron chi connectivity index (χ2n) is 4.24. The Balaban J connectivity index is 2.78. The van der Waals surface area contributed by atoms with Crippen LogP contribution in [0.15, 0.2) is 36.4 Å². The first-order chi connectivity index (χ1) is 9.56. The van der Waals surface area contributed by atoms with E-state index in [1.807, 2.05) is 13.0 Å². The molecule has 0 spiro atoms. The molecule has 1 rings (SSSR count). The summed E-state index contributed by atoms with van der Waals surface area (Å²) in [6.07, 6.45) is 2.67. The largest absolute Gasteiger partial charge is 0.478 e. The number of hydrogen-bond donors (Lipinski definition) is 1. The Bertz CT molecular complexity index is 541. The lowest BCUT2D eigenvalue weighted by molar-refractivity contribution is -0.132. The van der Waals surface area contributed by atoms with Crippen LogP contribution < -0.4 is 0 Å². The van der Waals surface area contributed by atoms with Gasteiger partial charge in [-0.3, -0.25) is 4.79 Å². The van der Waals surface area contributed by atoms with Crippen molar-refractivity contribution in [3.8, 4) is 6.07 Å². The lowest BCUT2D eigenvalue weighted by atomic mass is 10.1. The van der Waals surface area contributed by atoms with Crippen molar-refractivity contribution in [1.29, 1.82) is 5.26 Å². The highest BCUT2D eigenvalue weighted by Gasteiger charge is 2.10. The Kier molecular flexibility index (Phi) is 5.98. The molecule has 0 bridgehead atoms. The Morgan fingerprint density at radius 3 is 2.45 bits per heavy atom. The molecule has 1 amide bonds. The van der Waals surface area contributed by atoms with E-state index >= 15 is 0 Å². The van der Waals surface area contributed by atoms with Gasteiger partial charge in [-0.1, -0.05) is 19.1 Å². The maximum atomic E-state index is 11.9. The first kappa shape index (κ1) is 15.4. The molecule has 0 aliphatic carbocycles. The molecule has 0 radical (unpaired) electrons. The van der Waals surface area contributed by atoms with Gasteiger partial charge in [-0.2, -0.15) is 5.26 Å². The van der Waals surface area contributed by atoms with Crippen LogP contribution in [0.1, 0.15) is 24.5 Å². The quantitative estimate of drug-likeness (QED) is 0.802. The number of carbonyl (C=O) groups excluding carboxylic acids is 1. The third kappa shape index (κ3) is 4.94. The fourth-order valence-electron chi connectivity index (χ4n) is 1.69. The van der Waals surface area contributed by atoms with E-state index in [2.05, 4.69) is 0 Å². The van der Waals surface area contributed by atoms with Gasteiger partial charge >= 0.3 is 5.97 Å². The van der Waals surface area contributed by atoms with Crippen LogP contribution in [0.25, 0.3) is 0 Å². The zero-order valence-electron chi connectivity index (χ0n) is 11.2. The summed E-state index contributed by atoms with van der Waals surface area (Å²) in [4.78, 5) is 23.9. The van der Waals surface area contributed by atoms with Crippen LogP contribution >= 0.6 is 0 Å². The van der Waals surface area contributed by atoms with Crippen molar-refractivity contribution < 1.29 is 14.7 Å². The predicted octanol–water partition coefficient (Wildman–Crippen LogP) is 1.94. The number of rotatable bonds is 6. The normalized spacial score (nSPS) is 10.2. The van der Waals surface area contributed by atoms with Gasteiger partial charge in [0.2, 0.25) is 5.91 Å². The van der Waals surface area contributed by atoms with Gasteiger partial charge in [0.05, 0.1) is 11.6 Å². The van der Waals surface area contributed by atoms with Crippen molar-refractivity contribution in [1.82, 2.24) is 4.90 Å². The molecule has 20 heavy (non-hydrogen) atoms. The molecule has 0 unspecified atom stereocenters. The number of aliphatic carboxylic acids is 1.